The highest BCUT2D eigenvalue weighted by Gasteiger charge is 2.36. The van der Waals surface area contributed by atoms with Crippen LogP contribution in [-0.4, -0.2) is 24.1 Å². The van der Waals surface area contributed by atoms with Crippen molar-refractivity contribution in [1.29, 1.82) is 0 Å². The zero-order valence-corrected chi connectivity index (χ0v) is 12.2. The Hall–Kier alpha value is -1.81. The third kappa shape index (κ3) is 2.43. The predicted molar refractivity (Wildman–Crippen MR) is 88.2 cm³/mol. The van der Waals surface area contributed by atoms with Gasteiger partial charge in [-0.25, -0.2) is 0 Å². The average molecular weight is 283 g/mol. The Morgan fingerprint density at radius 2 is 2.20 bits per heavy atom. The fourth-order valence-electron chi connectivity index (χ4n) is 2.42. The van der Waals surface area contributed by atoms with Gasteiger partial charge in [-0.2, -0.15) is 0 Å². The van der Waals surface area contributed by atoms with Crippen LogP contribution in [0.25, 0.3) is 5.57 Å². The topological polar surface area (TPSA) is 36.8 Å². The molecule has 0 aromatic heterocycles. The van der Waals surface area contributed by atoms with Crippen molar-refractivity contribution in [2.24, 2.45) is 15.9 Å². The fourth-order valence-corrected chi connectivity index (χ4v) is 3.55. The number of nitrogens with one attached hydrogen (secondary N) is 1. The number of benzene rings is 1. The SMILES string of the molecule is C=CCN=C1NC=N[C@H]2SC=C(c3ccc(C)cc3)[C@H]12. The molecule has 4 heteroatoms. The number of aryl methyl sites for hydroxylation is 1. The van der Waals surface area contributed by atoms with Gasteiger partial charge >= 0.3 is 0 Å². The molecule has 0 bridgehead atoms. The van der Waals surface area contributed by atoms with Gasteiger partial charge in [0, 0.05) is 0 Å². The van der Waals surface area contributed by atoms with Crippen LogP contribution in [0.4, 0.5) is 0 Å². The molecule has 2 heterocycles. The molecule has 102 valence electrons. The van der Waals surface area contributed by atoms with Crippen LogP contribution >= 0.6 is 11.8 Å². The van der Waals surface area contributed by atoms with Crippen molar-refractivity contribution >= 4 is 29.5 Å². The van der Waals surface area contributed by atoms with Gasteiger partial charge in [-0.05, 0) is 23.5 Å². The standard InChI is InChI=1S/C16H17N3S/c1-3-8-17-15-14-13(9-20-16(14)19-10-18-15)12-6-4-11(2)5-7-12/h3-7,9-10,14,16H,1,8H2,2H3,(H,17,18,19)/t14-,16+/m1/s1. The first-order valence-electron chi connectivity index (χ1n) is 6.65. The molecule has 0 unspecified atom stereocenters. The lowest BCUT2D eigenvalue weighted by Crippen LogP contribution is -2.39. The number of hydrogen-bond donors (Lipinski definition) is 1. The van der Waals surface area contributed by atoms with Crippen LogP contribution < -0.4 is 5.32 Å². The number of aliphatic imine (C=N–C) groups is 2. The molecule has 2 aliphatic rings. The van der Waals surface area contributed by atoms with Crippen LogP contribution in [0.3, 0.4) is 0 Å². The lowest BCUT2D eigenvalue weighted by molar-refractivity contribution is 0.792. The molecule has 0 saturated heterocycles. The summed E-state index contributed by atoms with van der Waals surface area (Å²) in [5.41, 5.74) is 3.82. The zero-order chi connectivity index (χ0) is 13.9. The monoisotopic (exact) mass is 283 g/mol. The Labute approximate surface area is 123 Å². The Kier molecular flexibility index (Phi) is 3.74. The summed E-state index contributed by atoms with van der Waals surface area (Å²) in [5.74, 6) is 1.20. The molecular formula is C16H17N3S. The smallest absolute Gasteiger partial charge is 0.115 e. The minimum Gasteiger partial charge on any atom is -0.335 e. The molecule has 3 nitrogen and oxygen atoms in total. The highest BCUT2D eigenvalue weighted by molar-refractivity contribution is 8.03. The molecular weight excluding hydrogens is 266 g/mol. The first-order valence-corrected chi connectivity index (χ1v) is 7.60. The lowest BCUT2D eigenvalue weighted by Gasteiger charge is -2.25. The van der Waals surface area contributed by atoms with Crippen molar-refractivity contribution in [2.45, 2.75) is 12.3 Å². The van der Waals surface area contributed by atoms with Gasteiger partial charge < -0.3 is 5.32 Å². The van der Waals surface area contributed by atoms with Crippen LogP contribution in [0.15, 0.2) is 52.3 Å². The van der Waals surface area contributed by atoms with Gasteiger partial charge in [0.25, 0.3) is 0 Å². The molecule has 1 N–H and O–H groups in total. The quantitative estimate of drug-likeness (QED) is 0.865. The van der Waals surface area contributed by atoms with E-state index in [1.54, 1.807) is 18.1 Å². The first kappa shape index (κ1) is 13.2. The Bertz CT molecular complexity index is 599. The minimum absolute atomic E-state index is 0.205. The average Bonchev–Trinajstić information content (AvgIpc) is 2.90. The van der Waals surface area contributed by atoms with Crippen LogP contribution in [0.5, 0.6) is 0 Å². The minimum atomic E-state index is 0.205. The molecule has 1 aromatic carbocycles. The molecule has 0 amide bonds. The van der Waals surface area contributed by atoms with Gasteiger partial charge in [0.1, 0.15) is 11.2 Å². The molecule has 1 aromatic rings. The van der Waals surface area contributed by atoms with E-state index >= 15 is 0 Å². The fraction of sp³-hybridized carbons (Fsp3) is 0.250. The Morgan fingerprint density at radius 1 is 1.40 bits per heavy atom. The van der Waals surface area contributed by atoms with E-state index in [0.717, 1.165) is 5.84 Å². The summed E-state index contributed by atoms with van der Waals surface area (Å²) in [5, 5.41) is 5.61. The summed E-state index contributed by atoms with van der Waals surface area (Å²) in [6.45, 7) is 6.46. The van der Waals surface area contributed by atoms with E-state index < -0.39 is 0 Å². The van der Waals surface area contributed by atoms with Gasteiger partial charge in [-0.1, -0.05) is 35.9 Å². The first-order chi connectivity index (χ1) is 9.79. The molecule has 2 aliphatic heterocycles. The van der Waals surface area contributed by atoms with E-state index in [2.05, 4.69) is 58.5 Å². The lowest BCUT2D eigenvalue weighted by atomic mass is 9.91. The van der Waals surface area contributed by atoms with E-state index in [-0.39, 0.29) is 11.3 Å². The van der Waals surface area contributed by atoms with Crippen molar-refractivity contribution in [1.82, 2.24) is 5.32 Å². The maximum Gasteiger partial charge on any atom is 0.115 e. The molecule has 3 rings (SSSR count). The maximum atomic E-state index is 4.58. The van der Waals surface area contributed by atoms with Gasteiger partial charge in [-0.15, -0.1) is 18.3 Å². The molecule has 2 atom stereocenters. The van der Waals surface area contributed by atoms with E-state index in [9.17, 15) is 0 Å². The second-order valence-electron chi connectivity index (χ2n) is 4.88. The Balaban J connectivity index is 1.94. The molecule has 20 heavy (non-hydrogen) atoms. The van der Waals surface area contributed by atoms with Gasteiger partial charge in [0.05, 0.1) is 18.8 Å². The number of fused-ring (bicyclic) bond motifs is 1. The summed E-state index contributed by atoms with van der Waals surface area (Å²) in [6, 6.07) is 8.64. The number of nitrogens with zero attached hydrogens (tertiary/aromatic N) is 2. The Morgan fingerprint density at radius 3 is 2.95 bits per heavy atom. The number of hydrogen-bond acceptors (Lipinski definition) is 3. The molecule has 0 spiro atoms. The van der Waals surface area contributed by atoms with Crippen LogP contribution in [0.1, 0.15) is 11.1 Å². The van der Waals surface area contributed by atoms with Gasteiger partial charge in [0.15, 0.2) is 0 Å². The highest BCUT2D eigenvalue weighted by Crippen LogP contribution is 2.43. The van der Waals surface area contributed by atoms with Crippen LogP contribution in [-0.2, 0) is 0 Å². The van der Waals surface area contributed by atoms with Gasteiger partial charge in [0.2, 0.25) is 0 Å². The van der Waals surface area contributed by atoms with Crippen molar-refractivity contribution < 1.29 is 0 Å². The van der Waals surface area contributed by atoms with E-state index in [0.29, 0.717) is 6.54 Å². The van der Waals surface area contributed by atoms with Crippen molar-refractivity contribution in [3.05, 3.63) is 53.5 Å². The number of thioether (sulfide) groups is 1. The third-order valence-corrected chi connectivity index (χ3v) is 4.52. The van der Waals surface area contributed by atoms with Crippen molar-refractivity contribution in [2.75, 3.05) is 6.54 Å². The normalized spacial score (nSPS) is 26.1. The summed E-state index contributed by atoms with van der Waals surface area (Å²) < 4.78 is 0. The second kappa shape index (κ2) is 5.67. The van der Waals surface area contributed by atoms with Crippen LogP contribution in [0, 0.1) is 12.8 Å². The molecule has 0 saturated carbocycles. The maximum absolute atomic E-state index is 4.58. The molecule has 0 aliphatic carbocycles. The van der Waals surface area contributed by atoms with E-state index in [4.69, 9.17) is 0 Å². The van der Waals surface area contributed by atoms with E-state index in [1.807, 2.05) is 6.08 Å². The molecule has 0 fully saturated rings. The highest BCUT2D eigenvalue weighted by atomic mass is 32.2. The van der Waals surface area contributed by atoms with Crippen LogP contribution in [0.2, 0.25) is 0 Å². The molecule has 0 radical (unpaired) electrons. The largest absolute Gasteiger partial charge is 0.335 e. The van der Waals surface area contributed by atoms with Crippen molar-refractivity contribution in [3.63, 3.8) is 0 Å². The predicted octanol–water partition coefficient (Wildman–Crippen LogP) is 3.24. The second-order valence-corrected chi connectivity index (χ2v) is 5.87. The summed E-state index contributed by atoms with van der Waals surface area (Å²) in [6.07, 6.45) is 3.56. The van der Waals surface area contributed by atoms with Crippen molar-refractivity contribution in [3.8, 4) is 0 Å². The third-order valence-electron chi connectivity index (χ3n) is 3.46. The number of amidine groups is 1. The zero-order valence-electron chi connectivity index (χ0n) is 11.4. The van der Waals surface area contributed by atoms with Gasteiger partial charge in [-0.3, -0.25) is 9.98 Å². The summed E-state index contributed by atoms with van der Waals surface area (Å²) in [7, 11) is 0. The number of rotatable bonds is 3. The summed E-state index contributed by atoms with van der Waals surface area (Å²) in [4.78, 5) is 9.09. The van der Waals surface area contributed by atoms with E-state index in [1.165, 1.54) is 16.7 Å². The summed E-state index contributed by atoms with van der Waals surface area (Å²) >= 11 is 1.76.